The molecule has 0 atom stereocenters. The van der Waals surface area contributed by atoms with Crippen LogP contribution >= 0.6 is 15.9 Å². The molecule has 1 amide bonds. The zero-order chi connectivity index (χ0) is 16.9. The quantitative estimate of drug-likeness (QED) is 0.733. The molecule has 0 unspecified atom stereocenters. The number of halogens is 1. The van der Waals surface area contributed by atoms with Gasteiger partial charge in [0.25, 0.3) is 5.91 Å². The molecule has 24 heavy (non-hydrogen) atoms. The molecule has 3 heterocycles. The Morgan fingerprint density at radius 1 is 1.29 bits per heavy atom. The summed E-state index contributed by atoms with van der Waals surface area (Å²) in [6.45, 7) is 5.04. The first-order chi connectivity index (χ1) is 11.6. The van der Waals surface area contributed by atoms with Crippen LogP contribution in [-0.2, 0) is 0 Å². The van der Waals surface area contributed by atoms with E-state index in [-0.39, 0.29) is 11.7 Å². The van der Waals surface area contributed by atoms with Gasteiger partial charge < -0.3 is 20.0 Å². The van der Waals surface area contributed by atoms with Crippen LogP contribution in [0.1, 0.15) is 29.1 Å². The molecule has 0 saturated carbocycles. The van der Waals surface area contributed by atoms with Gasteiger partial charge in [0.15, 0.2) is 10.4 Å². The van der Waals surface area contributed by atoms with Gasteiger partial charge in [0, 0.05) is 37.9 Å². The molecule has 1 aliphatic rings. The normalized spacial score (nSPS) is 14.0. The number of rotatable bonds is 6. The third-order valence-corrected chi connectivity index (χ3v) is 4.19. The van der Waals surface area contributed by atoms with Gasteiger partial charge in [0.05, 0.1) is 0 Å². The van der Waals surface area contributed by atoms with Gasteiger partial charge in [-0.2, -0.15) is 4.98 Å². The molecular weight excluding hydrogens is 374 g/mol. The fourth-order valence-electron chi connectivity index (χ4n) is 2.61. The van der Waals surface area contributed by atoms with Crippen molar-refractivity contribution in [2.45, 2.75) is 19.8 Å². The Morgan fingerprint density at radius 3 is 2.79 bits per heavy atom. The number of hydrogen-bond donors (Lipinski definition) is 2. The Labute approximate surface area is 149 Å². The first-order valence-corrected chi connectivity index (χ1v) is 8.79. The van der Waals surface area contributed by atoms with Gasteiger partial charge in [-0.1, -0.05) is 0 Å². The van der Waals surface area contributed by atoms with Crippen molar-refractivity contribution in [3.8, 4) is 0 Å². The van der Waals surface area contributed by atoms with Crippen LogP contribution in [0.15, 0.2) is 27.3 Å². The van der Waals surface area contributed by atoms with Crippen molar-refractivity contribution < 1.29 is 9.21 Å². The lowest BCUT2D eigenvalue weighted by Crippen LogP contribution is -2.29. The van der Waals surface area contributed by atoms with Crippen LogP contribution in [0.2, 0.25) is 0 Å². The van der Waals surface area contributed by atoms with E-state index in [1.54, 1.807) is 12.1 Å². The minimum atomic E-state index is -0.245. The number of amides is 1. The molecule has 2 aromatic rings. The molecule has 1 aliphatic heterocycles. The molecule has 1 saturated heterocycles. The molecule has 3 rings (SSSR count). The predicted octanol–water partition coefficient (Wildman–Crippen LogP) is 2.58. The van der Waals surface area contributed by atoms with Crippen molar-refractivity contribution in [1.29, 1.82) is 0 Å². The van der Waals surface area contributed by atoms with Crippen LogP contribution in [0.3, 0.4) is 0 Å². The summed E-state index contributed by atoms with van der Waals surface area (Å²) in [5.74, 6) is 1.59. The Hall–Kier alpha value is -2.09. The van der Waals surface area contributed by atoms with E-state index in [1.807, 2.05) is 13.0 Å². The summed E-state index contributed by atoms with van der Waals surface area (Å²) in [6.07, 6.45) is 2.42. The second-order valence-electron chi connectivity index (χ2n) is 5.67. The lowest BCUT2D eigenvalue weighted by atomic mass is 10.4. The first kappa shape index (κ1) is 16.8. The largest absolute Gasteiger partial charge is 0.444 e. The van der Waals surface area contributed by atoms with Crippen molar-refractivity contribution >= 4 is 33.6 Å². The lowest BCUT2D eigenvalue weighted by Gasteiger charge is -2.17. The number of nitrogens with one attached hydrogen (secondary N) is 2. The monoisotopic (exact) mass is 393 g/mol. The number of aromatic nitrogens is 2. The highest BCUT2D eigenvalue weighted by molar-refractivity contribution is 9.10. The maximum absolute atomic E-state index is 11.9. The standard InChI is InChI=1S/C16H20BrN5O2/c1-11-10-14(22-8-2-3-9-22)21-16(20-11)19-7-6-18-15(23)12-4-5-13(17)24-12/h4-5,10H,2-3,6-9H2,1H3,(H,18,23)(H,19,20,21). The second-order valence-corrected chi connectivity index (χ2v) is 6.45. The van der Waals surface area contributed by atoms with E-state index in [0.29, 0.717) is 23.7 Å². The van der Waals surface area contributed by atoms with Crippen molar-refractivity contribution in [2.24, 2.45) is 0 Å². The average molecular weight is 394 g/mol. The minimum absolute atomic E-state index is 0.245. The highest BCUT2D eigenvalue weighted by Crippen LogP contribution is 2.19. The number of carbonyl (C=O) groups is 1. The van der Waals surface area contributed by atoms with E-state index in [2.05, 4.69) is 41.4 Å². The van der Waals surface area contributed by atoms with Gasteiger partial charge in [-0.25, -0.2) is 4.98 Å². The van der Waals surface area contributed by atoms with Crippen LogP contribution in [0.25, 0.3) is 0 Å². The Bertz CT molecular complexity index is 712. The summed E-state index contributed by atoms with van der Waals surface area (Å²) in [7, 11) is 0. The zero-order valence-electron chi connectivity index (χ0n) is 13.5. The number of carbonyl (C=O) groups excluding carboxylic acids is 1. The number of anilines is 2. The number of hydrogen-bond acceptors (Lipinski definition) is 6. The highest BCUT2D eigenvalue weighted by Gasteiger charge is 2.15. The molecule has 0 bridgehead atoms. The Kier molecular flexibility index (Phi) is 5.34. The van der Waals surface area contributed by atoms with Crippen LogP contribution in [-0.4, -0.2) is 42.1 Å². The van der Waals surface area contributed by atoms with E-state index < -0.39 is 0 Å². The molecular formula is C16H20BrN5O2. The number of aryl methyl sites for hydroxylation is 1. The van der Waals surface area contributed by atoms with E-state index in [0.717, 1.165) is 24.6 Å². The van der Waals surface area contributed by atoms with E-state index in [1.165, 1.54) is 12.8 Å². The highest BCUT2D eigenvalue weighted by atomic mass is 79.9. The van der Waals surface area contributed by atoms with Gasteiger partial charge in [0.2, 0.25) is 5.95 Å². The molecule has 0 aromatic carbocycles. The van der Waals surface area contributed by atoms with Crippen LogP contribution in [0, 0.1) is 6.92 Å². The van der Waals surface area contributed by atoms with Crippen molar-refractivity contribution in [1.82, 2.24) is 15.3 Å². The van der Waals surface area contributed by atoms with Crippen molar-refractivity contribution in [2.75, 3.05) is 36.4 Å². The fraction of sp³-hybridized carbons (Fsp3) is 0.438. The van der Waals surface area contributed by atoms with Gasteiger partial charge in [-0.05, 0) is 47.8 Å². The van der Waals surface area contributed by atoms with Gasteiger partial charge in [-0.3, -0.25) is 4.79 Å². The van der Waals surface area contributed by atoms with E-state index >= 15 is 0 Å². The summed E-state index contributed by atoms with van der Waals surface area (Å²) >= 11 is 3.17. The summed E-state index contributed by atoms with van der Waals surface area (Å²) in [5.41, 5.74) is 0.930. The minimum Gasteiger partial charge on any atom is -0.444 e. The molecule has 2 aromatic heterocycles. The summed E-state index contributed by atoms with van der Waals surface area (Å²) in [5, 5.41) is 5.94. The lowest BCUT2D eigenvalue weighted by molar-refractivity contribution is 0.0926. The average Bonchev–Trinajstić information content (AvgIpc) is 3.22. The van der Waals surface area contributed by atoms with Gasteiger partial charge in [-0.15, -0.1) is 0 Å². The third-order valence-electron chi connectivity index (χ3n) is 3.76. The maximum Gasteiger partial charge on any atom is 0.287 e. The fourth-order valence-corrected chi connectivity index (χ4v) is 2.92. The first-order valence-electron chi connectivity index (χ1n) is 8.00. The number of furan rings is 1. The molecule has 8 heteroatoms. The molecule has 7 nitrogen and oxygen atoms in total. The topological polar surface area (TPSA) is 83.3 Å². The molecule has 0 aliphatic carbocycles. The van der Waals surface area contributed by atoms with Crippen LogP contribution < -0.4 is 15.5 Å². The summed E-state index contributed by atoms with van der Waals surface area (Å²) in [6, 6.07) is 5.32. The zero-order valence-corrected chi connectivity index (χ0v) is 15.1. The maximum atomic E-state index is 11.9. The van der Waals surface area contributed by atoms with Crippen LogP contribution in [0.4, 0.5) is 11.8 Å². The predicted molar refractivity (Wildman–Crippen MR) is 95.4 cm³/mol. The Balaban J connectivity index is 1.50. The van der Waals surface area contributed by atoms with E-state index in [9.17, 15) is 4.79 Å². The van der Waals surface area contributed by atoms with Gasteiger partial charge in [0.1, 0.15) is 5.82 Å². The second kappa shape index (κ2) is 7.65. The molecule has 0 radical (unpaired) electrons. The summed E-state index contributed by atoms with van der Waals surface area (Å²) in [4.78, 5) is 23.1. The number of nitrogens with zero attached hydrogens (tertiary/aromatic N) is 3. The van der Waals surface area contributed by atoms with Gasteiger partial charge >= 0.3 is 0 Å². The van der Waals surface area contributed by atoms with E-state index in [4.69, 9.17) is 4.42 Å². The SMILES string of the molecule is Cc1cc(N2CCCC2)nc(NCCNC(=O)c2ccc(Br)o2)n1. The summed E-state index contributed by atoms with van der Waals surface area (Å²) < 4.78 is 5.74. The van der Waals surface area contributed by atoms with Crippen LogP contribution in [0.5, 0.6) is 0 Å². The smallest absolute Gasteiger partial charge is 0.287 e. The van der Waals surface area contributed by atoms with Crippen molar-refractivity contribution in [3.05, 3.63) is 34.3 Å². The molecule has 0 spiro atoms. The van der Waals surface area contributed by atoms with Crippen molar-refractivity contribution in [3.63, 3.8) is 0 Å². The molecule has 128 valence electrons. The third kappa shape index (κ3) is 4.25. The Morgan fingerprint density at radius 2 is 2.08 bits per heavy atom. The molecule has 2 N–H and O–H groups in total. The molecule has 1 fully saturated rings.